The van der Waals surface area contributed by atoms with Crippen LogP contribution in [0.25, 0.3) is 0 Å². The zero-order valence-corrected chi connectivity index (χ0v) is 12.1. The molecular weight excluding hydrogens is 234 g/mol. The van der Waals surface area contributed by atoms with Crippen molar-refractivity contribution in [2.24, 2.45) is 11.7 Å². The van der Waals surface area contributed by atoms with E-state index < -0.39 is 0 Å². The summed E-state index contributed by atoms with van der Waals surface area (Å²) >= 11 is 0. The molecule has 1 saturated carbocycles. The van der Waals surface area contributed by atoms with Crippen LogP contribution >= 0.6 is 0 Å². The number of nitrogens with two attached hydrogens (primary N) is 1. The molecule has 2 N–H and O–H groups in total. The second-order valence-electron chi connectivity index (χ2n) is 5.87. The van der Waals surface area contributed by atoms with E-state index in [0.29, 0.717) is 12.0 Å². The quantitative estimate of drug-likeness (QED) is 0.811. The molecule has 0 aliphatic heterocycles. The largest absolute Gasteiger partial charge is 0.494 e. The maximum Gasteiger partial charge on any atom is 0.119 e. The van der Waals surface area contributed by atoms with E-state index in [-0.39, 0.29) is 0 Å². The zero-order chi connectivity index (χ0) is 13.5. The first-order chi connectivity index (χ1) is 9.25. The highest BCUT2D eigenvalue weighted by molar-refractivity contribution is 5.27. The average molecular weight is 261 g/mol. The SMILES string of the molecule is Cc1cccc(OCCC(N)C2CCCCCC2)c1. The molecule has 1 fully saturated rings. The number of aryl methyl sites for hydroxylation is 1. The van der Waals surface area contributed by atoms with Crippen LogP contribution in [0.15, 0.2) is 24.3 Å². The molecule has 2 heteroatoms. The number of hydrogen-bond acceptors (Lipinski definition) is 2. The normalized spacial score (nSPS) is 18.8. The first-order valence-corrected chi connectivity index (χ1v) is 7.71. The highest BCUT2D eigenvalue weighted by Crippen LogP contribution is 2.26. The van der Waals surface area contributed by atoms with E-state index in [2.05, 4.69) is 19.1 Å². The van der Waals surface area contributed by atoms with Crippen LogP contribution < -0.4 is 10.5 Å². The first kappa shape index (κ1) is 14.4. The van der Waals surface area contributed by atoms with Gasteiger partial charge in [0.1, 0.15) is 5.75 Å². The van der Waals surface area contributed by atoms with Crippen molar-refractivity contribution in [2.75, 3.05) is 6.61 Å². The lowest BCUT2D eigenvalue weighted by Crippen LogP contribution is -2.31. The van der Waals surface area contributed by atoms with Crippen molar-refractivity contribution >= 4 is 0 Å². The summed E-state index contributed by atoms with van der Waals surface area (Å²) in [6.45, 7) is 2.82. The molecule has 1 unspecified atom stereocenters. The van der Waals surface area contributed by atoms with Crippen molar-refractivity contribution in [1.82, 2.24) is 0 Å². The van der Waals surface area contributed by atoms with Crippen molar-refractivity contribution in [1.29, 1.82) is 0 Å². The van der Waals surface area contributed by atoms with E-state index in [0.717, 1.165) is 18.8 Å². The second kappa shape index (κ2) is 7.54. The van der Waals surface area contributed by atoms with E-state index >= 15 is 0 Å². The summed E-state index contributed by atoms with van der Waals surface area (Å²) < 4.78 is 5.80. The van der Waals surface area contributed by atoms with E-state index in [4.69, 9.17) is 10.5 Å². The van der Waals surface area contributed by atoms with Crippen LogP contribution in [0.5, 0.6) is 5.75 Å². The van der Waals surface area contributed by atoms with Crippen LogP contribution in [0.1, 0.15) is 50.5 Å². The maximum atomic E-state index is 6.33. The summed E-state index contributed by atoms with van der Waals surface area (Å²) in [6.07, 6.45) is 9.09. The van der Waals surface area contributed by atoms with Gasteiger partial charge in [-0.25, -0.2) is 0 Å². The van der Waals surface area contributed by atoms with Crippen molar-refractivity contribution in [3.05, 3.63) is 29.8 Å². The molecule has 2 nitrogen and oxygen atoms in total. The Kier molecular flexibility index (Phi) is 5.71. The van der Waals surface area contributed by atoms with Crippen molar-refractivity contribution in [3.63, 3.8) is 0 Å². The van der Waals surface area contributed by atoms with E-state index in [9.17, 15) is 0 Å². The third kappa shape index (κ3) is 4.87. The molecule has 2 rings (SSSR count). The zero-order valence-electron chi connectivity index (χ0n) is 12.1. The molecular formula is C17H27NO. The average Bonchev–Trinajstić information content (AvgIpc) is 2.67. The van der Waals surface area contributed by atoms with Crippen LogP contribution in [0.3, 0.4) is 0 Å². The van der Waals surface area contributed by atoms with Crippen LogP contribution in [-0.2, 0) is 0 Å². The van der Waals surface area contributed by atoms with Gasteiger partial charge in [0, 0.05) is 6.04 Å². The van der Waals surface area contributed by atoms with Crippen LogP contribution in [-0.4, -0.2) is 12.6 Å². The number of rotatable bonds is 5. The fourth-order valence-corrected chi connectivity index (χ4v) is 2.99. The van der Waals surface area contributed by atoms with E-state index in [1.807, 2.05) is 12.1 Å². The van der Waals surface area contributed by atoms with Gasteiger partial charge in [0.25, 0.3) is 0 Å². The number of benzene rings is 1. The Morgan fingerprint density at radius 1 is 1.21 bits per heavy atom. The maximum absolute atomic E-state index is 6.33. The molecule has 0 heterocycles. The van der Waals surface area contributed by atoms with Crippen molar-refractivity contribution in [3.8, 4) is 5.75 Å². The molecule has 0 spiro atoms. The number of ether oxygens (including phenoxy) is 1. The van der Waals surface area contributed by atoms with Gasteiger partial charge in [-0.2, -0.15) is 0 Å². The third-order valence-corrected chi connectivity index (χ3v) is 4.21. The Morgan fingerprint density at radius 2 is 1.95 bits per heavy atom. The first-order valence-electron chi connectivity index (χ1n) is 7.71. The second-order valence-corrected chi connectivity index (χ2v) is 5.87. The topological polar surface area (TPSA) is 35.2 Å². The van der Waals surface area contributed by atoms with Gasteiger partial charge in [-0.3, -0.25) is 0 Å². The smallest absolute Gasteiger partial charge is 0.119 e. The van der Waals surface area contributed by atoms with E-state index in [1.54, 1.807) is 0 Å². The molecule has 19 heavy (non-hydrogen) atoms. The van der Waals surface area contributed by atoms with Crippen LogP contribution in [0, 0.1) is 12.8 Å². The van der Waals surface area contributed by atoms with Gasteiger partial charge in [0.05, 0.1) is 6.61 Å². The summed E-state index contributed by atoms with van der Waals surface area (Å²) in [6, 6.07) is 8.53. The van der Waals surface area contributed by atoms with Gasteiger partial charge in [-0.05, 0) is 49.8 Å². The summed E-state index contributed by atoms with van der Waals surface area (Å²) in [7, 11) is 0. The van der Waals surface area contributed by atoms with Gasteiger partial charge < -0.3 is 10.5 Å². The summed E-state index contributed by atoms with van der Waals surface area (Å²) in [5, 5.41) is 0. The lowest BCUT2D eigenvalue weighted by atomic mass is 9.91. The van der Waals surface area contributed by atoms with Gasteiger partial charge in [0.2, 0.25) is 0 Å². The van der Waals surface area contributed by atoms with Crippen molar-refractivity contribution < 1.29 is 4.74 Å². The predicted molar refractivity (Wildman–Crippen MR) is 80.5 cm³/mol. The molecule has 0 bridgehead atoms. The minimum absolute atomic E-state index is 0.308. The molecule has 0 amide bonds. The lowest BCUT2D eigenvalue weighted by molar-refractivity contribution is 0.263. The highest BCUT2D eigenvalue weighted by atomic mass is 16.5. The molecule has 1 aliphatic rings. The highest BCUT2D eigenvalue weighted by Gasteiger charge is 2.19. The Balaban J connectivity index is 1.72. The van der Waals surface area contributed by atoms with Gasteiger partial charge in [-0.1, -0.05) is 37.8 Å². The van der Waals surface area contributed by atoms with Gasteiger partial charge in [-0.15, -0.1) is 0 Å². The third-order valence-electron chi connectivity index (χ3n) is 4.21. The molecule has 0 aromatic heterocycles. The molecule has 1 aliphatic carbocycles. The van der Waals surface area contributed by atoms with Gasteiger partial charge >= 0.3 is 0 Å². The minimum atomic E-state index is 0.308. The van der Waals surface area contributed by atoms with Crippen LogP contribution in [0.4, 0.5) is 0 Å². The molecule has 106 valence electrons. The summed E-state index contributed by atoms with van der Waals surface area (Å²) in [4.78, 5) is 0. The van der Waals surface area contributed by atoms with E-state index in [1.165, 1.54) is 44.1 Å². The minimum Gasteiger partial charge on any atom is -0.494 e. The van der Waals surface area contributed by atoms with Crippen molar-refractivity contribution in [2.45, 2.75) is 57.9 Å². The number of hydrogen-bond donors (Lipinski definition) is 1. The fraction of sp³-hybridized carbons (Fsp3) is 0.647. The molecule has 1 atom stereocenters. The molecule has 1 aromatic carbocycles. The summed E-state index contributed by atoms with van der Waals surface area (Å²) in [5.74, 6) is 1.68. The Bertz CT molecular complexity index is 369. The predicted octanol–water partition coefficient (Wildman–Crippen LogP) is 4.06. The monoisotopic (exact) mass is 261 g/mol. The molecule has 0 saturated heterocycles. The Hall–Kier alpha value is -1.02. The Morgan fingerprint density at radius 3 is 2.63 bits per heavy atom. The van der Waals surface area contributed by atoms with Crippen LogP contribution in [0.2, 0.25) is 0 Å². The molecule has 1 aromatic rings. The van der Waals surface area contributed by atoms with Gasteiger partial charge in [0.15, 0.2) is 0 Å². The standard InChI is InChI=1S/C17H27NO/c1-14-7-6-10-16(13-14)19-12-11-17(18)15-8-4-2-3-5-9-15/h6-7,10,13,15,17H,2-5,8-9,11-12,18H2,1H3. The molecule has 0 radical (unpaired) electrons. The summed E-state index contributed by atoms with van der Waals surface area (Å²) in [5.41, 5.74) is 7.57. The Labute approximate surface area is 117 Å². The fourth-order valence-electron chi connectivity index (χ4n) is 2.99. The lowest BCUT2D eigenvalue weighted by Gasteiger charge is -2.22.